The molecule has 0 saturated carbocycles. The quantitative estimate of drug-likeness (QED) is 0.667. The minimum Gasteiger partial charge on any atom is -0.376 e. The van der Waals surface area contributed by atoms with E-state index in [1.54, 1.807) is 21.9 Å². The Balaban J connectivity index is 1.30. The standard InChI is InChI=1S/C27H31FN4O4/c28-23-11-5-4-10-22(23)25(34)30-14-12-27(13-15-30)26(35)31(19-32(27)20-7-2-1-3-8-20)18-24(33)29-17-21-9-6-16-36-21/h1-5,7-8,10-11,21H,6,9,12-19H2,(H,29,33). The second-order valence-corrected chi connectivity index (χ2v) is 9.65. The summed E-state index contributed by atoms with van der Waals surface area (Å²) in [5.41, 5.74) is 0.0695. The highest BCUT2D eigenvalue weighted by Crippen LogP contribution is 2.39. The number of halogens is 1. The van der Waals surface area contributed by atoms with E-state index in [0.29, 0.717) is 32.5 Å². The first kappa shape index (κ1) is 24.2. The number of hydrogen-bond donors (Lipinski definition) is 1. The van der Waals surface area contributed by atoms with Gasteiger partial charge in [0.05, 0.1) is 18.3 Å². The first-order valence-electron chi connectivity index (χ1n) is 12.5. The summed E-state index contributed by atoms with van der Waals surface area (Å²) in [7, 11) is 0. The summed E-state index contributed by atoms with van der Waals surface area (Å²) < 4.78 is 19.8. The van der Waals surface area contributed by atoms with Crippen LogP contribution in [0.4, 0.5) is 10.1 Å². The van der Waals surface area contributed by atoms with Gasteiger partial charge < -0.3 is 24.8 Å². The molecule has 1 atom stereocenters. The van der Waals surface area contributed by atoms with Crippen molar-refractivity contribution in [2.45, 2.75) is 37.3 Å². The Morgan fingerprint density at radius 3 is 2.47 bits per heavy atom. The van der Waals surface area contributed by atoms with E-state index < -0.39 is 11.4 Å². The number of carbonyl (C=O) groups is 3. The molecule has 36 heavy (non-hydrogen) atoms. The Labute approximate surface area is 210 Å². The number of hydrogen-bond acceptors (Lipinski definition) is 5. The van der Waals surface area contributed by atoms with Crippen LogP contribution >= 0.6 is 0 Å². The lowest BCUT2D eigenvalue weighted by atomic mass is 9.85. The highest BCUT2D eigenvalue weighted by Gasteiger charge is 2.54. The number of nitrogens with zero attached hydrogens (tertiary/aromatic N) is 3. The zero-order valence-electron chi connectivity index (χ0n) is 20.2. The molecule has 0 radical (unpaired) electrons. The molecule has 3 fully saturated rings. The number of amides is 3. The summed E-state index contributed by atoms with van der Waals surface area (Å²) in [6, 6.07) is 15.6. The van der Waals surface area contributed by atoms with Crippen molar-refractivity contribution >= 4 is 23.4 Å². The average molecular weight is 495 g/mol. The number of piperidine rings is 1. The third-order valence-electron chi connectivity index (χ3n) is 7.45. The first-order chi connectivity index (χ1) is 17.5. The zero-order valence-corrected chi connectivity index (χ0v) is 20.2. The van der Waals surface area contributed by atoms with Crippen molar-refractivity contribution < 1.29 is 23.5 Å². The van der Waals surface area contributed by atoms with Gasteiger partial charge in [0.25, 0.3) is 11.8 Å². The fraction of sp³-hybridized carbons (Fsp3) is 0.444. The topological polar surface area (TPSA) is 82.2 Å². The summed E-state index contributed by atoms with van der Waals surface area (Å²) in [5, 5.41) is 2.90. The largest absolute Gasteiger partial charge is 0.376 e. The Bertz CT molecular complexity index is 1110. The van der Waals surface area contributed by atoms with Crippen LogP contribution in [-0.2, 0) is 14.3 Å². The molecule has 1 unspecified atom stereocenters. The maximum Gasteiger partial charge on any atom is 0.256 e. The fourth-order valence-corrected chi connectivity index (χ4v) is 5.47. The lowest BCUT2D eigenvalue weighted by molar-refractivity contribution is -0.137. The number of para-hydroxylation sites is 1. The highest BCUT2D eigenvalue weighted by molar-refractivity contribution is 5.97. The highest BCUT2D eigenvalue weighted by atomic mass is 19.1. The molecule has 5 rings (SSSR count). The maximum absolute atomic E-state index is 14.2. The van der Waals surface area contributed by atoms with Gasteiger partial charge in [-0.1, -0.05) is 30.3 Å². The summed E-state index contributed by atoms with van der Waals surface area (Å²) in [6.07, 6.45) is 2.75. The van der Waals surface area contributed by atoms with E-state index in [1.807, 2.05) is 35.2 Å². The van der Waals surface area contributed by atoms with Crippen LogP contribution in [0.5, 0.6) is 0 Å². The number of benzene rings is 2. The third-order valence-corrected chi connectivity index (χ3v) is 7.45. The lowest BCUT2D eigenvalue weighted by Crippen LogP contribution is -2.57. The molecule has 3 amide bonds. The van der Waals surface area contributed by atoms with E-state index in [1.165, 1.54) is 12.1 Å². The van der Waals surface area contributed by atoms with Gasteiger partial charge in [0, 0.05) is 31.9 Å². The van der Waals surface area contributed by atoms with Crippen LogP contribution in [0.1, 0.15) is 36.0 Å². The monoisotopic (exact) mass is 494 g/mol. The number of nitrogens with one attached hydrogen (secondary N) is 1. The van der Waals surface area contributed by atoms with E-state index >= 15 is 0 Å². The number of likely N-dealkylation sites (tertiary alicyclic amines) is 1. The van der Waals surface area contributed by atoms with Crippen LogP contribution in [0.15, 0.2) is 54.6 Å². The minimum atomic E-state index is -0.859. The molecule has 3 aliphatic rings. The molecular formula is C27H31FN4O4. The molecule has 1 N–H and O–H groups in total. The molecule has 3 aliphatic heterocycles. The molecule has 0 aliphatic carbocycles. The second kappa shape index (κ2) is 10.3. The fourth-order valence-electron chi connectivity index (χ4n) is 5.47. The molecule has 190 valence electrons. The van der Waals surface area contributed by atoms with E-state index in [-0.39, 0.29) is 42.6 Å². The van der Waals surface area contributed by atoms with Gasteiger partial charge in [-0.3, -0.25) is 14.4 Å². The van der Waals surface area contributed by atoms with Gasteiger partial charge in [0.1, 0.15) is 17.9 Å². The summed E-state index contributed by atoms with van der Waals surface area (Å²) in [5.74, 6) is -1.25. The predicted molar refractivity (Wildman–Crippen MR) is 132 cm³/mol. The van der Waals surface area contributed by atoms with E-state index in [2.05, 4.69) is 5.32 Å². The maximum atomic E-state index is 14.2. The van der Waals surface area contributed by atoms with Crippen molar-refractivity contribution in [2.24, 2.45) is 0 Å². The van der Waals surface area contributed by atoms with Crippen molar-refractivity contribution in [1.29, 1.82) is 0 Å². The molecule has 3 saturated heterocycles. The number of rotatable bonds is 6. The van der Waals surface area contributed by atoms with Crippen LogP contribution < -0.4 is 10.2 Å². The predicted octanol–water partition coefficient (Wildman–Crippen LogP) is 2.40. The van der Waals surface area contributed by atoms with Crippen molar-refractivity contribution in [3.05, 3.63) is 66.0 Å². The molecule has 8 nitrogen and oxygen atoms in total. The summed E-state index contributed by atoms with van der Waals surface area (Å²) in [4.78, 5) is 44.7. The lowest BCUT2D eigenvalue weighted by Gasteiger charge is -2.43. The van der Waals surface area contributed by atoms with Gasteiger partial charge >= 0.3 is 0 Å². The number of anilines is 1. The van der Waals surface area contributed by atoms with E-state index in [9.17, 15) is 18.8 Å². The normalized spacial score (nSPS) is 21.3. The van der Waals surface area contributed by atoms with Gasteiger partial charge in [-0.15, -0.1) is 0 Å². The minimum absolute atomic E-state index is 0.0332. The molecule has 0 aromatic heterocycles. The molecule has 2 aromatic carbocycles. The Morgan fingerprint density at radius 2 is 1.78 bits per heavy atom. The van der Waals surface area contributed by atoms with Crippen molar-refractivity contribution in [3.63, 3.8) is 0 Å². The molecule has 9 heteroatoms. The van der Waals surface area contributed by atoms with Gasteiger partial charge in [-0.25, -0.2) is 4.39 Å². The van der Waals surface area contributed by atoms with Crippen LogP contribution in [0.3, 0.4) is 0 Å². The molecule has 3 heterocycles. The zero-order chi connectivity index (χ0) is 25.1. The smallest absolute Gasteiger partial charge is 0.256 e. The average Bonchev–Trinajstić information content (AvgIpc) is 3.52. The SMILES string of the molecule is O=C(CN1CN(c2ccccc2)C2(CCN(C(=O)c3ccccc3F)CC2)C1=O)NCC1CCCO1. The number of carbonyl (C=O) groups excluding carboxylic acids is 3. The van der Waals surface area contributed by atoms with Crippen molar-refractivity contribution in [1.82, 2.24) is 15.1 Å². The Hall–Kier alpha value is -3.46. The molecule has 2 aromatic rings. The van der Waals surface area contributed by atoms with Gasteiger partial charge in [0.2, 0.25) is 5.91 Å². The van der Waals surface area contributed by atoms with Crippen molar-refractivity contribution in [2.75, 3.05) is 44.4 Å². The van der Waals surface area contributed by atoms with Crippen LogP contribution in [0.25, 0.3) is 0 Å². The van der Waals surface area contributed by atoms with Gasteiger partial charge in [-0.2, -0.15) is 0 Å². The second-order valence-electron chi connectivity index (χ2n) is 9.65. The van der Waals surface area contributed by atoms with Crippen LogP contribution in [0, 0.1) is 5.82 Å². The summed E-state index contributed by atoms with van der Waals surface area (Å²) >= 11 is 0. The van der Waals surface area contributed by atoms with Crippen LogP contribution in [0.2, 0.25) is 0 Å². The number of ether oxygens (including phenoxy) is 1. The summed E-state index contributed by atoms with van der Waals surface area (Å²) in [6.45, 7) is 2.06. The van der Waals surface area contributed by atoms with Crippen LogP contribution in [-0.4, -0.2) is 78.6 Å². The van der Waals surface area contributed by atoms with Crippen molar-refractivity contribution in [3.8, 4) is 0 Å². The van der Waals surface area contributed by atoms with Gasteiger partial charge in [-0.05, 0) is 49.9 Å². The van der Waals surface area contributed by atoms with E-state index in [4.69, 9.17) is 4.74 Å². The van der Waals surface area contributed by atoms with Gasteiger partial charge in [0.15, 0.2) is 0 Å². The molecule has 0 bridgehead atoms. The molecule has 1 spiro atoms. The first-order valence-corrected chi connectivity index (χ1v) is 12.5. The Morgan fingerprint density at radius 1 is 1.06 bits per heavy atom. The molecular weight excluding hydrogens is 463 g/mol. The third kappa shape index (κ3) is 4.67. The van der Waals surface area contributed by atoms with E-state index in [0.717, 1.165) is 25.1 Å². The Kier molecular flexibility index (Phi) is 6.91.